The number of likely N-dealkylation sites (N-methyl/N-ethyl adjacent to an activating group) is 1. The summed E-state index contributed by atoms with van der Waals surface area (Å²) < 4.78 is 5.00. The normalized spacial score (nSPS) is 10.8. The van der Waals surface area contributed by atoms with Gasteiger partial charge in [0, 0.05) is 12.6 Å². The highest BCUT2D eigenvalue weighted by molar-refractivity contribution is 5.81. The van der Waals surface area contributed by atoms with Crippen LogP contribution in [0.4, 0.5) is 0 Å². The van der Waals surface area contributed by atoms with E-state index in [0.717, 1.165) is 19.4 Å². The summed E-state index contributed by atoms with van der Waals surface area (Å²) in [6, 6.07) is 0. The quantitative estimate of drug-likeness (QED) is 0.288. The predicted octanol–water partition coefficient (Wildman–Crippen LogP) is 2.39. The van der Waals surface area contributed by atoms with Crippen LogP contribution in [0.2, 0.25) is 0 Å². The lowest BCUT2D eigenvalue weighted by atomic mass is 10.2. The maximum Gasteiger partial charge on any atom is 0.330 e. The van der Waals surface area contributed by atoms with Crippen LogP contribution in [0.25, 0.3) is 0 Å². The van der Waals surface area contributed by atoms with Gasteiger partial charge in [0.2, 0.25) is 0 Å². The summed E-state index contributed by atoms with van der Waals surface area (Å²) in [7, 11) is 3.90. The van der Waals surface area contributed by atoms with E-state index in [1.54, 1.807) is 0 Å². The van der Waals surface area contributed by atoms with Gasteiger partial charge in [0.15, 0.2) is 0 Å². The van der Waals surface area contributed by atoms with E-state index in [1.807, 2.05) is 25.1 Å². The SMILES string of the molecule is CC(C)=CCCC=CC(=O)OCCN(C)C. The summed E-state index contributed by atoms with van der Waals surface area (Å²) in [6.07, 6.45) is 7.38. The van der Waals surface area contributed by atoms with Gasteiger partial charge in [0.25, 0.3) is 0 Å². The Morgan fingerprint density at radius 1 is 1.25 bits per heavy atom. The van der Waals surface area contributed by atoms with E-state index in [9.17, 15) is 4.79 Å². The fourth-order valence-electron chi connectivity index (χ4n) is 1.02. The van der Waals surface area contributed by atoms with Crippen molar-refractivity contribution in [1.29, 1.82) is 0 Å². The Morgan fingerprint density at radius 2 is 1.94 bits per heavy atom. The number of hydrogen-bond donors (Lipinski definition) is 0. The van der Waals surface area contributed by atoms with Crippen molar-refractivity contribution < 1.29 is 9.53 Å². The molecule has 3 nitrogen and oxygen atoms in total. The van der Waals surface area contributed by atoms with Gasteiger partial charge in [-0.1, -0.05) is 17.7 Å². The number of carbonyl (C=O) groups excluding carboxylic acids is 1. The van der Waals surface area contributed by atoms with Crippen LogP contribution >= 0.6 is 0 Å². The Labute approximate surface area is 98.8 Å². The van der Waals surface area contributed by atoms with Gasteiger partial charge < -0.3 is 9.64 Å². The molecule has 16 heavy (non-hydrogen) atoms. The fraction of sp³-hybridized carbons (Fsp3) is 0.615. The number of hydrogen-bond acceptors (Lipinski definition) is 3. The molecule has 3 heteroatoms. The number of esters is 1. The minimum Gasteiger partial charge on any atom is -0.461 e. The molecule has 0 saturated heterocycles. The third kappa shape index (κ3) is 11.0. The van der Waals surface area contributed by atoms with Crippen molar-refractivity contribution in [2.24, 2.45) is 0 Å². The van der Waals surface area contributed by atoms with Crippen LogP contribution < -0.4 is 0 Å². The largest absolute Gasteiger partial charge is 0.461 e. The van der Waals surface area contributed by atoms with E-state index < -0.39 is 0 Å². The first-order valence-electron chi connectivity index (χ1n) is 5.63. The molecular formula is C13H23NO2. The zero-order valence-electron chi connectivity index (χ0n) is 10.8. The minimum atomic E-state index is -0.251. The molecule has 0 atom stereocenters. The molecule has 0 aromatic rings. The second-order valence-electron chi connectivity index (χ2n) is 4.23. The molecule has 0 bridgehead atoms. The summed E-state index contributed by atoms with van der Waals surface area (Å²) in [5.74, 6) is -0.251. The number of rotatable bonds is 7. The van der Waals surface area contributed by atoms with Crippen molar-refractivity contribution in [1.82, 2.24) is 4.90 Å². The number of nitrogens with zero attached hydrogens (tertiary/aromatic N) is 1. The zero-order chi connectivity index (χ0) is 12.4. The van der Waals surface area contributed by atoms with E-state index in [2.05, 4.69) is 19.9 Å². The van der Waals surface area contributed by atoms with Crippen molar-refractivity contribution in [3.8, 4) is 0 Å². The molecule has 0 amide bonds. The zero-order valence-corrected chi connectivity index (χ0v) is 10.8. The molecule has 0 spiro atoms. The summed E-state index contributed by atoms with van der Waals surface area (Å²) in [5, 5.41) is 0. The molecule has 0 radical (unpaired) electrons. The Kier molecular flexibility index (Phi) is 8.53. The van der Waals surface area contributed by atoms with Crippen molar-refractivity contribution in [3.05, 3.63) is 23.8 Å². The van der Waals surface area contributed by atoms with Gasteiger partial charge in [0.05, 0.1) is 0 Å². The van der Waals surface area contributed by atoms with Crippen molar-refractivity contribution >= 4 is 5.97 Å². The summed E-state index contributed by atoms with van der Waals surface area (Å²) in [6.45, 7) is 5.35. The first-order valence-corrected chi connectivity index (χ1v) is 5.63. The first kappa shape index (κ1) is 14.9. The monoisotopic (exact) mass is 225 g/mol. The summed E-state index contributed by atoms with van der Waals surface area (Å²) in [4.78, 5) is 13.2. The number of ether oxygens (including phenoxy) is 1. The maximum atomic E-state index is 11.2. The molecule has 0 saturated carbocycles. The van der Waals surface area contributed by atoms with E-state index >= 15 is 0 Å². The van der Waals surface area contributed by atoms with Crippen LogP contribution in [-0.4, -0.2) is 38.1 Å². The smallest absolute Gasteiger partial charge is 0.330 e. The molecule has 0 aliphatic rings. The number of allylic oxidation sites excluding steroid dienone is 3. The third-order valence-electron chi connectivity index (χ3n) is 1.92. The van der Waals surface area contributed by atoms with Crippen LogP contribution in [0, 0.1) is 0 Å². The van der Waals surface area contributed by atoms with Crippen LogP contribution in [0.15, 0.2) is 23.8 Å². The van der Waals surface area contributed by atoms with Crippen molar-refractivity contribution in [3.63, 3.8) is 0 Å². The van der Waals surface area contributed by atoms with Crippen LogP contribution in [0.5, 0.6) is 0 Å². The van der Waals surface area contributed by atoms with Gasteiger partial charge in [-0.25, -0.2) is 4.79 Å². The number of unbranched alkanes of at least 4 members (excludes halogenated alkanes) is 1. The maximum absolute atomic E-state index is 11.2. The minimum absolute atomic E-state index is 0.251. The second kappa shape index (κ2) is 9.16. The molecule has 0 heterocycles. The molecular weight excluding hydrogens is 202 g/mol. The van der Waals surface area contributed by atoms with Crippen molar-refractivity contribution in [2.75, 3.05) is 27.2 Å². The second-order valence-corrected chi connectivity index (χ2v) is 4.23. The van der Waals surface area contributed by atoms with Crippen LogP contribution in [0.1, 0.15) is 26.7 Å². The molecule has 0 aliphatic heterocycles. The highest BCUT2D eigenvalue weighted by atomic mass is 16.5. The lowest BCUT2D eigenvalue weighted by Crippen LogP contribution is -2.19. The molecule has 0 N–H and O–H groups in total. The van der Waals surface area contributed by atoms with Crippen LogP contribution in [0.3, 0.4) is 0 Å². The van der Waals surface area contributed by atoms with Gasteiger partial charge in [-0.2, -0.15) is 0 Å². The molecule has 0 aromatic heterocycles. The van der Waals surface area contributed by atoms with E-state index in [0.29, 0.717) is 6.61 Å². The topological polar surface area (TPSA) is 29.5 Å². The van der Waals surface area contributed by atoms with E-state index in [4.69, 9.17) is 4.74 Å². The molecule has 0 aliphatic carbocycles. The lowest BCUT2D eigenvalue weighted by Gasteiger charge is -2.08. The number of carbonyl (C=O) groups is 1. The Hall–Kier alpha value is -1.09. The van der Waals surface area contributed by atoms with Gasteiger partial charge in [-0.3, -0.25) is 0 Å². The standard InChI is InChI=1S/C13H23NO2/c1-12(2)8-6-5-7-9-13(15)16-11-10-14(3)4/h7-9H,5-6,10-11H2,1-4H3. The molecule has 0 unspecified atom stereocenters. The van der Waals surface area contributed by atoms with Gasteiger partial charge in [-0.15, -0.1) is 0 Å². The Morgan fingerprint density at radius 3 is 2.50 bits per heavy atom. The van der Waals surface area contributed by atoms with Crippen LogP contribution in [-0.2, 0) is 9.53 Å². The van der Waals surface area contributed by atoms with E-state index in [1.165, 1.54) is 11.6 Å². The summed E-state index contributed by atoms with van der Waals surface area (Å²) >= 11 is 0. The fourth-order valence-corrected chi connectivity index (χ4v) is 1.02. The predicted molar refractivity (Wildman–Crippen MR) is 67.3 cm³/mol. The summed E-state index contributed by atoms with van der Waals surface area (Å²) in [5.41, 5.74) is 1.31. The highest BCUT2D eigenvalue weighted by Crippen LogP contribution is 1.98. The van der Waals surface area contributed by atoms with Gasteiger partial charge in [-0.05, 0) is 40.8 Å². The van der Waals surface area contributed by atoms with Crippen molar-refractivity contribution in [2.45, 2.75) is 26.7 Å². The molecule has 92 valence electrons. The molecule has 0 aromatic carbocycles. The average molecular weight is 225 g/mol. The highest BCUT2D eigenvalue weighted by Gasteiger charge is 1.96. The van der Waals surface area contributed by atoms with E-state index in [-0.39, 0.29) is 5.97 Å². The lowest BCUT2D eigenvalue weighted by molar-refractivity contribution is -0.138. The molecule has 0 fully saturated rings. The van der Waals surface area contributed by atoms with Gasteiger partial charge >= 0.3 is 5.97 Å². The third-order valence-corrected chi connectivity index (χ3v) is 1.92. The Bertz CT molecular complexity index is 251. The molecule has 0 rings (SSSR count). The Balaban J connectivity index is 3.55. The van der Waals surface area contributed by atoms with Gasteiger partial charge in [0.1, 0.15) is 6.61 Å². The first-order chi connectivity index (χ1) is 7.52. The average Bonchev–Trinajstić information content (AvgIpc) is 2.16.